The Hall–Kier alpha value is -1.03. The van der Waals surface area contributed by atoms with Gasteiger partial charge in [-0.15, -0.1) is 0 Å². The molecule has 3 nitrogen and oxygen atoms in total. The van der Waals surface area contributed by atoms with Crippen molar-refractivity contribution in [3.63, 3.8) is 0 Å². The average molecular weight is 242 g/mol. The summed E-state index contributed by atoms with van der Waals surface area (Å²) in [6, 6.07) is 8.61. The summed E-state index contributed by atoms with van der Waals surface area (Å²) in [6.07, 6.45) is 3.78. The first-order valence-electron chi connectivity index (χ1n) is 5.61. The molecule has 4 heteroatoms. The fourth-order valence-corrected chi connectivity index (χ4v) is 2.42. The van der Waals surface area contributed by atoms with E-state index in [-0.39, 0.29) is 5.75 Å². The molecule has 0 spiro atoms. The van der Waals surface area contributed by atoms with Crippen LogP contribution in [-0.2, 0) is 10.1 Å². The van der Waals surface area contributed by atoms with Gasteiger partial charge in [0.2, 0.25) is 0 Å². The molecule has 1 aromatic rings. The molecule has 0 bridgehead atoms. The quantitative estimate of drug-likeness (QED) is 0.545. The molecule has 0 saturated heterocycles. The fourth-order valence-electron chi connectivity index (χ4n) is 1.37. The average Bonchev–Trinajstić information content (AvgIpc) is 2.25. The standard InChI is InChI=1S/C12H18O3S/c1-2-3-4-8-11-16(13,14)15-12-9-6-5-7-10-12/h5-7,9-10H,2-4,8,11H2,1H3. The summed E-state index contributed by atoms with van der Waals surface area (Å²) >= 11 is 0. The van der Waals surface area contributed by atoms with Gasteiger partial charge < -0.3 is 4.18 Å². The van der Waals surface area contributed by atoms with Crippen LogP contribution in [0.3, 0.4) is 0 Å². The summed E-state index contributed by atoms with van der Waals surface area (Å²) in [5, 5.41) is 0. The Morgan fingerprint density at radius 2 is 1.75 bits per heavy atom. The highest BCUT2D eigenvalue weighted by Gasteiger charge is 2.11. The Morgan fingerprint density at radius 1 is 1.06 bits per heavy atom. The summed E-state index contributed by atoms with van der Waals surface area (Å²) in [5.41, 5.74) is 0. The van der Waals surface area contributed by atoms with Crippen molar-refractivity contribution >= 4 is 10.1 Å². The molecule has 0 amide bonds. The molecule has 0 aliphatic carbocycles. The third-order valence-electron chi connectivity index (χ3n) is 2.21. The Morgan fingerprint density at radius 3 is 2.38 bits per heavy atom. The topological polar surface area (TPSA) is 43.4 Å². The van der Waals surface area contributed by atoms with Crippen LogP contribution >= 0.6 is 0 Å². The van der Waals surface area contributed by atoms with Crippen molar-refractivity contribution in [2.24, 2.45) is 0 Å². The maximum Gasteiger partial charge on any atom is 0.309 e. The van der Waals surface area contributed by atoms with Crippen molar-refractivity contribution in [2.75, 3.05) is 5.75 Å². The lowest BCUT2D eigenvalue weighted by molar-refractivity contribution is 0.482. The van der Waals surface area contributed by atoms with E-state index in [4.69, 9.17) is 4.18 Å². The molecule has 0 atom stereocenters. The summed E-state index contributed by atoms with van der Waals surface area (Å²) in [6.45, 7) is 2.09. The second-order valence-electron chi connectivity index (χ2n) is 3.72. The van der Waals surface area contributed by atoms with Crippen molar-refractivity contribution < 1.29 is 12.6 Å². The van der Waals surface area contributed by atoms with Gasteiger partial charge in [-0.1, -0.05) is 44.4 Å². The zero-order valence-electron chi connectivity index (χ0n) is 9.56. The normalized spacial score (nSPS) is 11.3. The number of unbranched alkanes of at least 4 members (excludes halogenated alkanes) is 3. The minimum Gasteiger partial charge on any atom is -0.382 e. The Kier molecular flexibility index (Phi) is 5.32. The van der Waals surface area contributed by atoms with E-state index in [1.165, 1.54) is 0 Å². The second kappa shape index (κ2) is 6.53. The van der Waals surface area contributed by atoms with E-state index in [0.29, 0.717) is 12.2 Å². The van der Waals surface area contributed by atoms with Gasteiger partial charge in [0.05, 0.1) is 5.75 Å². The van der Waals surface area contributed by atoms with Crippen LogP contribution in [0.2, 0.25) is 0 Å². The van der Waals surface area contributed by atoms with Crippen LogP contribution in [0.4, 0.5) is 0 Å². The minimum absolute atomic E-state index is 0.0991. The molecule has 0 radical (unpaired) electrons. The molecule has 90 valence electrons. The van der Waals surface area contributed by atoms with Gasteiger partial charge in [0, 0.05) is 0 Å². The number of para-hydroxylation sites is 1. The Labute approximate surface area is 97.6 Å². The molecule has 16 heavy (non-hydrogen) atoms. The maximum absolute atomic E-state index is 11.5. The van der Waals surface area contributed by atoms with E-state index >= 15 is 0 Å². The van der Waals surface area contributed by atoms with E-state index in [1.54, 1.807) is 24.3 Å². The molecule has 0 aliphatic rings. The smallest absolute Gasteiger partial charge is 0.309 e. The van der Waals surface area contributed by atoms with Gasteiger partial charge in [0.1, 0.15) is 5.75 Å². The highest BCUT2D eigenvalue weighted by molar-refractivity contribution is 7.87. The van der Waals surface area contributed by atoms with Crippen LogP contribution in [-0.4, -0.2) is 14.2 Å². The van der Waals surface area contributed by atoms with Crippen molar-refractivity contribution in [1.82, 2.24) is 0 Å². The highest BCUT2D eigenvalue weighted by atomic mass is 32.2. The molecular formula is C12H18O3S. The first kappa shape index (κ1) is 13.0. The molecule has 0 N–H and O–H groups in total. The van der Waals surface area contributed by atoms with Crippen LogP contribution in [0.5, 0.6) is 5.75 Å². The molecule has 0 fully saturated rings. The van der Waals surface area contributed by atoms with E-state index in [1.807, 2.05) is 6.07 Å². The predicted molar refractivity (Wildman–Crippen MR) is 65.0 cm³/mol. The van der Waals surface area contributed by atoms with Gasteiger partial charge in [0.25, 0.3) is 0 Å². The summed E-state index contributed by atoms with van der Waals surface area (Å²) in [7, 11) is -3.42. The number of hydrogen-bond acceptors (Lipinski definition) is 3. The zero-order valence-corrected chi connectivity index (χ0v) is 10.4. The first-order valence-corrected chi connectivity index (χ1v) is 7.19. The summed E-state index contributed by atoms with van der Waals surface area (Å²) in [5.74, 6) is 0.486. The lowest BCUT2D eigenvalue weighted by atomic mass is 10.2. The largest absolute Gasteiger partial charge is 0.382 e. The molecular weight excluding hydrogens is 224 g/mol. The minimum atomic E-state index is -3.42. The number of benzene rings is 1. The number of rotatable bonds is 7. The second-order valence-corrected chi connectivity index (χ2v) is 5.41. The molecule has 0 heterocycles. The lowest BCUT2D eigenvalue weighted by Gasteiger charge is -2.06. The first-order chi connectivity index (χ1) is 7.64. The predicted octanol–water partition coefficient (Wildman–Crippen LogP) is 2.98. The van der Waals surface area contributed by atoms with Crippen LogP contribution in [0.1, 0.15) is 32.6 Å². The van der Waals surface area contributed by atoms with E-state index in [0.717, 1.165) is 19.3 Å². The third-order valence-corrected chi connectivity index (χ3v) is 3.45. The Bertz CT molecular complexity index is 384. The summed E-state index contributed by atoms with van der Waals surface area (Å²) in [4.78, 5) is 0. The van der Waals surface area contributed by atoms with Gasteiger partial charge in [-0.05, 0) is 18.6 Å². The van der Waals surface area contributed by atoms with E-state index < -0.39 is 10.1 Å². The molecule has 0 unspecified atom stereocenters. The number of hydrogen-bond donors (Lipinski definition) is 0. The van der Waals surface area contributed by atoms with Crippen molar-refractivity contribution in [1.29, 1.82) is 0 Å². The highest BCUT2D eigenvalue weighted by Crippen LogP contribution is 2.13. The molecule has 0 aliphatic heterocycles. The van der Waals surface area contributed by atoms with Gasteiger partial charge in [-0.2, -0.15) is 8.42 Å². The van der Waals surface area contributed by atoms with Gasteiger partial charge in [-0.25, -0.2) is 0 Å². The van der Waals surface area contributed by atoms with Gasteiger partial charge in [0.15, 0.2) is 0 Å². The molecule has 0 aromatic heterocycles. The Balaban J connectivity index is 2.40. The van der Waals surface area contributed by atoms with Crippen LogP contribution in [0.15, 0.2) is 30.3 Å². The van der Waals surface area contributed by atoms with Gasteiger partial charge >= 0.3 is 10.1 Å². The van der Waals surface area contributed by atoms with Crippen molar-refractivity contribution in [2.45, 2.75) is 32.6 Å². The molecule has 1 rings (SSSR count). The summed E-state index contributed by atoms with van der Waals surface area (Å²) < 4.78 is 28.0. The van der Waals surface area contributed by atoms with E-state index in [9.17, 15) is 8.42 Å². The molecule has 1 aromatic carbocycles. The van der Waals surface area contributed by atoms with Crippen LogP contribution in [0.25, 0.3) is 0 Å². The van der Waals surface area contributed by atoms with Crippen LogP contribution in [0, 0.1) is 0 Å². The van der Waals surface area contributed by atoms with Gasteiger partial charge in [-0.3, -0.25) is 0 Å². The monoisotopic (exact) mass is 242 g/mol. The zero-order chi connectivity index (χ0) is 11.9. The molecule has 0 saturated carbocycles. The van der Waals surface area contributed by atoms with Crippen LogP contribution < -0.4 is 4.18 Å². The van der Waals surface area contributed by atoms with Crippen molar-refractivity contribution in [3.8, 4) is 5.75 Å². The SMILES string of the molecule is CCCCCCS(=O)(=O)Oc1ccccc1. The third kappa shape index (κ3) is 5.16. The van der Waals surface area contributed by atoms with Crippen molar-refractivity contribution in [3.05, 3.63) is 30.3 Å². The fraction of sp³-hybridized carbons (Fsp3) is 0.500. The maximum atomic E-state index is 11.5. The van der Waals surface area contributed by atoms with E-state index in [2.05, 4.69) is 6.92 Å². The lowest BCUT2D eigenvalue weighted by Crippen LogP contribution is -2.13.